The lowest BCUT2D eigenvalue weighted by molar-refractivity contribution is -0.123. The van der Waals surface area contributed by atoms with Gasteiger partial charge in [0.15, 0.2) is 0 Å². The summed E-state index contributed by atoms with van der Waals surface area (Å²) in [5, 5.41) is 2.63. The van der Waals surface area contributed by atoms with Crippen LogP contribution in [0.4, 0.5) is 4.79 Å². The van der Waals surface area contributed by atoms with Crippen molar-refractivity contribution in [1.82, 2.24) is 10.2 Å². The first-order chi connectivity index (χ1) is 11.6. The molecule has 0 aromatic heterocycles. The Labute approximate surface area is 140 Å². The van der Waals surface area contributed by atoms with Gasteiger partial charge in [0.2, 0.25) is 0 Å². The van der Waals surface area contributed by atoms with Crippen molar-refractivity contribution in [1.29, 1.82) is 0 Å². The van der Waals surface area contributed by atoms with E-state index in [0.717, 1.165) is 22.4 Å². The van der Waals surface area contributed by atoms with Crippen molar-refractivity contribution in [2.24, 2.45) is 0 Å². The summed E-state index contributed by atoms with van der Waals surface area (Å²) < 4.78 is 5.10. The van der Waals surface area contributed by atoms with E-state index >= 15 is 0 Å². The van der Waals surface area contributed by atoms with E-state index in [-0.39, 0.29) is 18.1 Å². The minimum Gasteiger partial charge on any atom is -0.497 e. The molecule has 1 fully saturated rings. The van der Waals surface area contributed by atoms with Crippen LogP contribution in [0.25, 0.3) is 6.08 Å². The number of carbonyl (C=O) groups is 2. The van der Waals surface area contributed by atoms with Gasteiger partial charge in [0.05, 0.1) is 13.7 Å². The van der Waals surface area contributed by atoms with Crippen LogP contribution in [0.1, 0.15) is 16.7 Å². The lowest BCUT2D eigenvalue weighted by Crippen LogP contribution is -2.30. The van der Waals surface area contributed by atoms with Gasteiger partial charge in [0.1, 0.15) is 11.4 Å². The molecule has 0 radical (unpaired) electrons. The maximum absolute atomic E-state index is 12.5. The summed E-state index contributed by atoms with van der Waals surface area (Å²) in [6, 6.07) is 14.6. The van der Waals surface area contributed by atoms with E-state index in [1.807, 2.05) is 43.3 Å². The maximum atomic E-state index is 12.5. The maximum Gasteiger partial charge on any atom is 0.329 e. The van der Waals surface area contributed by atoms with Crippen LogP contribution in [-0.2, 0) is 11.3 Å². The highest BCUT2D eigenvalue weighted by atomic mass is 16.5. The molecular formula is C19H18N2O3. The summed E-state index contributed by atoms with van der Waals surface area (Å²) in [6.45, 7) is 2.25. The summed E-state index contributed by atoms with van der Waals surface area (Å²) in [4.78, 5) is 25.8. The first-order valence-corrected chi connectivity index (χ1v) is 7.61. The second-order valence-corrected chi connectivity index (χ2v) is 5.64. The number of nitrogens with one attached hydrogen (secondary N) is 1. The zero-order valence-corrected chi connectivity index (χ0v) is 13.6. The third-order valence-corrected chi connectivity index (χ3v) is 3.85. The third-order valence-electron chi connectivity index (χ3n) is 3.85. The molecule has 5 nitrogen and oxygen atoms in total. The number of urea groups is 1. The SMILES string of the molecule is COc1ccc(/C=C2/NC(=O)N(Cc3ccc(C)cc3)C2=O)cc1. The van der Waals surface area contributed by atoms with E-state index in [4.69, 9.17) is 4.74 Å². The predicted octanol–water partition coefficient (Wildman–Crippen LogP) is 3.10. The van der Waals surface area contributed by atoms with Gasteiger partial charge >= 0.3 is 6.03 Å². The second-order valence-electron chi connectivity index (χ2n) is 5.64. The van der Waals surface area contributed by atoms with Crippen molar-refractivity contribution in [2.75, 3.05) is 7.11 Å². The van der Waals surface area contributed by atoms with Crippen molar-refractivity contribution in [3.8, 4) is 5.75 Å². The third kappa shape index (κ3) is 3.30. The topological polar surface area (TPSA) is 58.6 Å². The minimum atomic E-state index is -0.402. The lowest BCUT2D eigenvalue weighted by Gasteiger charge is -2.11. The van der Waals surface area contributed by atoms with Gasteiger partial charge in [-0.3, -0.25) is 9.69 Å². The van der Waals surface area contributed by atoms with Crippen molar-refractivity contribution in [3.63, 3.8) is 0 Å². The molecular weight excluding hydrogens is 304 g/mol. The van der Waals surface area contributed by atoms with Gasteiger partial charge in [-0.1, -0.05) is 42.0 Å². The van der Waals surface area contributed by atoms with Gasteiger partial charge in [-0.2, -0.15) is 0 Å². The summed E-state index contributed by atoms with van der Waals surface area (Å²) >= 11 is 0. The fraction of sp³-hybridized carbons (Fsp3) is 0.158. The highest BCUT2D eigenvalue weighted by Gasteiger charge is 2.33. The van der Waals surface area contributed by atoms with E-state index in [1.54, 1.807) is 25.3 Å². The molecule has 0 unspecified atom stereocenters. The molecule has 1 aliphatic heterocycles. The van der Waals surface area contributed by atoms with Crippen LogP contribution in [0.2, 0.25) is 0 Å². The number of amides is 3. The summed E-state index contributed by atoms with van der Waals surface area (Å²) in [5.74, 6) is 0.413. The van der Waals surface area contributed by atoms with Crippen LogP contribution in [0.3, 0.4) is 0 Å². The molecule has 3 amide bonds. The van der Waals surface area contributed by atoms with Crippen LogP contribution in [0.15, 0.2) is 54.2 Å². The molecule has 0 bridgehead atoms. The van der Waals surface area contributed by atoms with Crippen LogP contribution in [0.5, 0.6) is 5.75 Å². The van der Waals surface area contributed by atoms with Gasteiger partial charge in [0.25, 0.3) is 5.91 Å². The van der Waals surface area contributed by atoms with E-state index in [2.05, 4.69) is 5.32 Å². The average molecular weight is 322 g/mol. The number of aryl methyl sites for hydroxylation is 1. The normalized spacial score (nSPS) is 15.8. The lowest BCUT2D eigenvalue weighted by atomic mass is 10.1. The average Bonchev–Trinajstić information content (AvgIpc) is 2.85. The number of rotatable bonds is 4. The largest absolute Gasteiger partial charge is 0.497 e. The van der Waals surface area contributed by atoms with E-state index in [1.165, 1.54) is 4.90 Å². The monoisotopic (exact) mass is 322 g/mol. The standard InChI is InChI=1S/C19H18N2O3/c1-13-3-5-15(6-4-13)12-21-18(22)17(20-19(21)23)11-14-7-9-16(24-2)10-8-14/h3-11H,12H2,1-2H3,(H,20,23)/b17-11+. The quantitative estimate of drug-likeness (QED) is 0.695. The molecule has 0 spiro atoms. The summed E-state index contributed by atoms with van der Waals surface area (Å²) in [7, 11) is 1.59. The molecule has 1 saturated heterocycles. The van der Waals surface area contributed by atoms with Gasteiger partial charge in [0, 0.05) is 0 Å². The molecule has 0 atom stereocenters. The second kappa shape index (κ2) is 6.58. The first kappa shape index (κ1) is 15.8. The minimum absolute atomic E-state index is 0.255. The highest BCUT2D eigenvalue weighted by Crippen LogP contribution is 2.18. The molecule has 1 heterocycles. The predicted molar refractivity (Wildman–Crippen MR) is 91.2 cm³/mol. The molecule has 0 aliphatic carbocycles. The molecule has 2 aromatic carbocycles. The molecule has 1 aliphatic rings. The molecule has 2 aromatic rings. The highest BCUT2D eigenvalue weighted by molar-refractivity contribution is 6.13. The van der Waals surface area contributed by atoms with E-state index < -0.39 is 6.03 Å². The van der Waals surface area contributed by atoms with Crippen molar-refractivity contribution >= 4 is 18.0 Å². The summed E-state index contributed by atoms with van der Waals surface area (Å²) in [5.41, 5.74) is 3.14. The molecule has 1 N–H and O–H groups in total. The van der Waals surface area contributed by atoms with Gasteiger partial charge in [-0.15, -0.1) is 0 Å². The van der Waals surface area contributed by atoms with Crippen molar-refractivity contribution in [3.05, 3.63) is 70.9 Å². The number of nitrogens with zero attached hydrogens (tertiary/aromatic N) is 1. The van der Waals surface area contributed by atoms with Crippen LogP contribution < -0.4 is 10.1 Å². The Bertz CT molecular complexity index is 792. The Hall–Kier alpha value is -3.08. The fourth-order valence-corrected chi connectivity index (χ4v) is 2.46. The molecule has 122 valence electrons. The number of ether oxygens (including phenoxy) is 1. The summed E-state index contributed by atoms with van der Waals surface area (Å²) in [6.07, 6.45) is 1.66. The molecule has 5 heteroatoms. The number of carbonyl (C=O) groups excluding carboxylic acids is 2. The number of benzene rings is 2. The Balaban J connectivity index is 1.77. The van der Waals surface area contributed by atoms with E-state index in [0.29, 0.717) is 0 Å². The van der Waals surface area contributed by atoms with Gasteiger partial charge in [-0.05, 0) is 36.3 Å². The van der Waals surface area contributed by atoms with Gasteiger partial charge < -0.3 is 10.1 Å². The smallest absolute Gasteiger partial charge is 0.329 e. The zero-order valence-electron chi connectivity index (χ0n) is 13.6. The van der Waals surface area contributed by atoms with Crippen LogP contribution in [-0.4, -0.2) is 23.9 Å². The molecule has 3 rings (SSSR count). The number of methoxy groups -OCH3 is 1. The Morgan fingerprint density at radius 2 is 1.71 bits per heavy atom. The molecule has 24 heavy (non-hydrogen) atoms. The number of hydrogen-bond acceptors (Lipinski definition) is 3. The number of imide groups is 1. The van der Waals surface area contributed by atoms with Crippen molar-refractivity contribution in [2.45, 2.75) is 13.5 Å². The Morgan fingerprint density at radius 1 is 1.04 bits per heavy atom. The Morgan fingerprint density at radius 3 is 2.33 bits per heavy atom. The first-order valence-electron chi connectivity index (χ1n) is 7.61. The molecule has 0 saturated carbocycles. The fourth-order valence-electron chi connectivity index (χ4n) is 2.46. The van der Waals surface area contributed by atoms with Gasteiger partial charge in [-0.25, -0.2) is 4.79 Å². The number of hydrogen-bond donors (Lipinski definition) is 1. The van der Waals surface area contributed by atoms with Crippen molar-refractivity contribution < 1.29 is 14.3 Å². The van der Waals surface area contributed by atoms with Crippen LogP contribution >= 0.6 is 0 Å². The van der Waals surface area contributed by atoms with E-state index in [9.17, 15) is 9.59 Å². The Kier molecular flexibility index (Phi) is 4.33. The zero-order chi connectivity index (χ0) is 17.1. The van der Waals surface area contributed by atoms with Crippen LogP contribution in [0, 0.1) is 6.92 Å².